The number of nitrogens with two attached hydrogens (primary N) is 2. The highest BCUT2D eigenvalue weighted by molar-refractivity contribution is 7.99. The Labute approximate surface area is 106 Å². The first-order chi connectivity index (χ1) is 8.33. The van der Waals surface area contributed by atoms with Gasteiger partial charge in [0, 0.05) is 22.9 Å². The van der Waals surface area contributed by atoms with Crippen molar-refractivity contribution in [3.63, 3.8) is 0 Å². The molecule has 2 aromatic carbocycles. The maximum atomic E-state index is 5.72. The number of hydrogen-bond donors (Lipinski definition) is 2. The zero-order chi connectivity index (χ0) is 12.1. The van der Waals surface area contributed by atoms with E-state index >= 15 is 0 Å². The minimum atomic E-state index is 0.537. The predicted octanol–water partition coefficient (Wildman–Crippen LogP) is 2.76. The summed E-state index contributed by atoms with van der Waals surface area (Å²) in [5.74, 6) is 0. The van der Waals surface area contributed by atoms with Gasteiger partial charge >= 0.3 is 0 Å². The molecular weight excluding hydrogens is 228 g/mol. The topological polar surface area (TPSA) is 52.0 Å². The summed E-state index contributed by atoms with van der Waals surface area (Å²) in [5, 5.41) is 0. The molecule has 17 heavy (non-hydrogen) atoms. The smallest absolute Gasteiger partial charge is 0.0181 e. The maximum absolute atomic E-state index is 5.72. The molecule has 0 radical (unpaired) electrons. The monoisotopic (exact) mass is 244 g/mol. The van der Waals surface area contributed by atoms with Crippen molar-refractivity contribution < 1.29 is 0 Å². The van der Waals surface area contributed by atoms with E-state index in [1.165, 1.54) is 9.79 Å². The standard InChI is InChI=1S/C14H16N2S/c15-9-11-6-7-14(8-12(11)10-16)17-13-4-2-1-3-5-13/h1-8H,9-10,15-16H2. The molecule has 0 fully saturated rings. The molecule has 0 amide bonds. The van der Waals surface area contributed by atoms with E-state index in [1.54, 1.807) is 11.8 Å². The molecule has 3 heteroatoms. The highest BCUT2D eigenvalue weighted by Gasteiger charge is 2.02. The lowest BCUT2D eigenvalue weighted by Gasteiger charge is -2.08. The minimum Gasteiger partial charge on any atom is -0.326 e. The van der Waals surface area contributed by atoms with E-state index in [2.05, 4.69) is 30.3 Å². The Kier molecular flexibility index (Phi) is 4.20. The van der Waals surface area contributed by atoms with Crippen molar-refractivity contribution in [3.05, 3.63) is 59.7 Å². The third kappa shape index (κ3) is 3.09. The molecule has 0 heterocycles. The van der Waals surface area contributed by atoms with Crippen LogP contribution in [0.5, 0.6) is 0 Å². The molecule has 2 nitrogen and oxygen atoms in total. The minimum absolute atomic E-state index is 0.537. The fourth-order valence-electron chi connectivity index (χ4n) is 1.68. The Morgan fingerprint density at radius 1 is 0.765 bits per heavy atom. The van der Waals surface area contributed by atoms with Gasteiger partial charge in [0.1, 0.15) is 0 Å². The van der Waals surface area contributed by atoms with Gasteiger partial charge in [0.2, 0.25) is 0 Å². The van der Waals surface area contributed by atoms with Crippen molar-refractivity contribution >= 4 is 11.8 Å². The Bertz CT molecular complexity index is 483. The van der Waals surface area contributed by atoms with E-state index in [0.29, 0.717) is 13.1 Å². The fraction of sp³-hybridized carbons (Fsp3) is 0.143. The molecule has 0 spiro atoms. The molecule has 0 unspecified atom stereocenters. The van der Waals surface area contributed by atoms with Gasteiger partial charge < -0.3 is 11.5 Å². The van der Waals surface area contributed by atoms with Gasteiger partial charge in [0.05, 0.1) is 0 Å². The van der Waals surface area contributed by atoms with Gasteiger partial charge in [-0.1, -0.05) is 36.0 Å². The summed E-state index contributed by atoms with van der Waals surface area (Å²) in [6.45, 7) is 1.08. The van der Waals surface area contributed by atoms with E-state index in [9.17, 15) is 0 Å². The van der Waals surface area contributed by atoms with Crippen LogP contribution in [0.2, 0.25) is 0 Å². The molecule has 0 bridgehead atoms. The van der Waals surface area contributed by atoms with Crippen molar-refractivity contribution in [2.75, 3.05) is 0 Å². The number of hydrogen-bond acceptors (Lipinski definition) is 3. The second-order valence-electron chi connectivity index (χ2n) is 3.75. The summed E-state index contributed by atoms with van der Waals surface area (Å²) in [4.78, 5) is 2.44. The summed E-state index contributed by atoms with van der Waals surface area (Å²) in [6.07, 6.45) is 0. The molecule has 0 atom stereocenters. The van der Waals surface area contributed by atoms with Crippen LogP contribution in [0.4, 0.5) is 0 Å². The van der Waals surface area contributed by atoms with Gasteiger partial charge in [-0.05, 0) is 35.4 Å². The first-order valence-electron chi connectivity index (χ1n) is 5.58. The highest BCUT2D eigenvalue weighted by Crippen LogP contribution is 2.28. The lowest BCUT2D eigenvalue weighted by molar-refractivity contribution is 0.970. The van der Waals surface area contributed by atoms with Gasteiger partial charge in [-0.3, -0.25) is 0 Å². The van der Waals surface area contributed by atoms with Gasteiger partial charge in [-0.15, -0.1) is 0 Å². The Balaban J connectivity index is 2.22. The van der Waals surface area contributed by atoms with Crippen molar-refractivity contribution in [3.8, 4) is 0 Å². The summed E-state index contributed by atoms with van der Waals surface area (Å²) in [6, 6.07) is 16.6. The van der Waals surface area contributed by atoms with Crippen LogP contribution in [0.25, 0.3) is 0 Å². The van der Waals surface area contributed by atoms with Gasteiger partial charge in [0.15, 0.2) is 0 Å². The molecule has 0 aromatic heterocycles. The van der Waals surface area contributed by atoms with Gasteiger partial charge in [-0.2, -0.15) is 0 Å². The van der Waals surface area contributed by atoms with E-state index < -0.39 is 0 Å². The molecule has 0 aliphatic heterocycles. The average molecular weight is 244 g/mol. The Hall–Kier alpha value is -1.29. The van der Waals surface area contributed by atoms with Crippen LogP contribution in [0.3, 0.4) is 0 Å². The van der Waals surface area contributed by atoms with Crippen molar-refractivity contribution in [1.82, 2.24) is 0 Å². The average Bonchev–Trinajstić information content (AvgIpc) is 2.40. The van der Waals surface area contributed by atoms with Gasteiger partial charge in [-0.25, -0.2) is 0 Å². The summed E-state index contributed by atoms with van der Waals surface area (Å²) >= 11 is 1.74. The predicted molar refractivity (Wildman–Crippen MR) is 72.8 cm³/mol. The molecule has 0 aliphatic carbocycles. The highest BCUT2D eigenvalue weighted by atomic mass is 32.2. The normalized spacial score (nSPS) is 10.5. The van der Waals surface area contributed by atoms with Crippen molar-refractivity contribution in [2.24, 2.45) is 11.5 Å². The zero-order valence-corrected chi connectivity index (χ0v) is 10.4. The number of benzene rings is 2. The van der Waals surface area contributed by atoms with Crippen molar-refractivity contribution in [2.45, 2.75) is 22.9 Å². The zero-order valence-electron chi connectivity index (χ0n) is 9.60. The van der Waals surface area contributed by atoms with E-state index in [4.69, 9.17) is 11.5 Å². The third-order valence-corrected chi connectivity index (χ3v) is 3.59. The van der Waals surface area contributed by atoms with Crippen LogP contribution in [0.1, 0.15) is 11.1 Å². The molecule has 88 valence electrons. The molecule has 0 saturated heterocycles. The van der Waals surface area contributed by atoms with Crippen LogP contribution in [-0.2, 0) is 13.1 Å². The molecule has 0 saturated carbocycles. The molecule has 2 rings (SSSR count). The molecule has 4 N–H and O–H groups in total. The largest absolute Gasteiger partial charge is 0.326 e. The van der Waals surface area contributed by atoms with E-state index in [-0.39, 0.29) is 0 Å². The molecular formula is C14H16N2S. The number of rotatable bonds is 4. The lowest BCUT2D eigenvalue weighted by Crippen LogP contribution is -2.05. The van der Waals surface area contributed by atoms with Gasteiger partial charge in [0.25, 0.3) is 0 Å². The maximum Gasteiger partial charge on any atom is 0.0181 e. The Morgan fingerprint density at radius 3 is 2.12 bits per heavy atom. The second kappa shape index (κ2) is 5.87. The van der Waals surface area contributed by atoms with Crippen molar-refractivity contribution in [1.29, 1.82) is 0 Å². The third-order valence-electron chi connectivity index (χ3n) is 2.60. The van der Waals surface area contributed by atoms with E-state index in [0.717, 1.165) is 11.1 Å². The van der Waals surface area contributed by atoms with Crippen LogP contribution in [0, 0.1) is 0 Å². The second-order valence-corrected chi connectivity index (χ2v) is 4.90. The summed E-state index contributed by atoms with van der Waals surface area (Å²) in [7, 11) is 0. The fourth-order valence-corrected chi connectivity index (χ4v) is 2.58. The molecule has 0 aliphatic rings. The first-order valence-corrected chi connectivity index (χ1v) is 6.40. The quantitative estimate of drug-likeness (QED) is 0.869. The first kappa shape index (κ1) is 12.2. The molecule has 2 aromatic rings. The van der Waals surface area contributed by atoms with Crippen LogP contribution >= 0.6 is 11.8 Å². The van der Waals surface area contributed by atoms with Crippen LogP contribution in [-0.4, -0.2) is 0 Å². The Morgan fingerprint density at radius 2 is 1.47 bits per heavy atom. The lowest BCUT2D eigenvalue weighted by atomic mass is 10.1. The summed E-state index contributed by atoms with van der Waals surface area (Å²) < 4.78 is 0. The summed E-state index contributed by atoms with van der Waals surface area (Å²) in [5.41, 5.74) is 13.7. The van der Waals surface area contributed by atoms with Crippen LogP contribution in [0.15, 0.2) is 58.3 Å². The SMILES string of the molecule is NCc1ccc(Sc2ccccc2)cc1CN. The van der Waals surface area contributed by atoms with E-state index in [1.807, 2.05) is 18.2 Å². The van der Waals surface area contributed by atoms with Crippen LogP contribution < -0.4 is 11.5 Å².